The van der Waals surface area contributed by atoms with Gasteiger partial charge in [0, 0.05) is 17.8 Å². The van der Waals surface area contributed by atoms with Crippen LogP contribution in [-0.4, -0.2) is 15.7 Å². The molecule has 0 bridgehead atoms. The zero-order valence-corrected chi connectivity index (χ0v) is 14.6. The molecule has 0 aliphatic rings. The van der Waals surface area contributed by atoms with E-state index in [0.29, 0.717) is 12.1 Å². The Hall–Kier alpha value is -2.66. The lowest BCUT2D eigenvalue weighted by Gasteiger charge is -2.08. The van der Waals surface area contributed by atoms with Gasteiger partial charge in [-0.3, -0.25) is 4.79 Å². The summed E-state index contributed by atoms with van der Waals surface area (Å²) in [6, 6.07) is 13.7. The molecule has 1 N–H and O–H groups in total. The third-order valence-corrected chi connectivity index (χ3v) is 4.12. The monoisotopic (exact) mass is 357 g/mol. The normalized spacial score (nSPS) is 10.7. The van der Waals surface area contributed by atoms with E-state index < -0.39 is 5.82 Å². The van der Waals surface area contributed by atoms with Crippen LogP contribution in [-0.2, 0) is 6.54 Å². The van der Waals surface area contributed by atoms with Crippen molar-refractivity contribution in [1.82, 2.24) is 15.1 Å². The van der Waals surface area contributed by atoms with Crippen molar-refractivity contribution in [3.05, 3.63) is 81.9 Å². The van der Waals surface area contributed by atoms with E-state index in [4.69, 9.17) is 11.6 Å². The minimum atomic E-state index is -0.544. The highest BCUT2D eigenvalue weighted by atomic mass is 35.5. The second kappa shape index (κ2) is 7.07. The SMILES string of the molecule is Cc1cc(C)n(-c2ccc(CNC(=O)c3ccc(F)c(Cl)c3)cc2)n1. The first-order valence-corrected chi connectivity index (χ1v) is 8.17. The molecule has 1 heterocycles. The number of rotatable bonds is 4. The third kappa shape index (κ3) is 3.88. The van der Waals surface area contributed by atoms with Gasteiger partial charge in [-0.2, -0.15) is 5.10 Å². The second-order valence-electron chi connectivity index (χ2n) is 5.82. The molecule has 0 fully saturated rings. The summed E-state index contributed by atoms with van der Waals surface area (Å²) >= 11 is 5.70. The van der Waals surface area contributed by atoms with Crippen LogP contribution in [0.1, 0.15) is 27.3 Å². The molecule has 0 spiro atoms. The van der Waals surface area contributed by atoms with Crippen molar-refractivity contribution < 1.29 is 9.18 Å². The summed E-state index contributed by atoms with van der Waals surface area (Å²) in [5, 5.41) is 7.17. The Labute approximate surface area is 150 Å². The lowest BCUT2D eigenvalue weighted by molar-refractivity contribution is 0.0951. The summed E-state index contributed by atoms with van der Waals surface area (Å²) < 4.78 is 15.0. The predicted molar refractivity (Wildman–Crippen MR) is 95.6 cm³/mol. The zero-order chi connectivity index (χ0) is 18.0. The molecular weight excluding hydrogens is 341 g/mol. The van der Waals surface area contributed by atoms with E-state index in [1.54, 1.807) is 0 Å². The summed E-state index contributed by atoms with van der Waals surface area (Å²) in [5.74, 6) is -0.845. The second-order valence-corrected chi connectivity index (χ2v) is 6.22. The van der Waals surface area contributed by atoms with Gasteiger partial charge in [0.2, 0.25) is 0 Å². The Kier molecular flexibility index (Phi) is 4.86. The fraction of sp³-hybridized carbons (Fsp3) is 0.158. The number of aromatic nitrogens is 2. The number of nitrogens with one attached hydrogen (secondary N) is 1. The molecule has 128 valence electrons. The van der Waals surface area contributed by atoms with Crippen molar-refractivity contribution in [3.63, 3.8) is 0 Å². The van der Waals surface area contributed by atoms with Crippen molar-refractivity contribution in [2.75, 3.05) is 0 Å². The minimum Gasteiger partial charge on any atom is -0.348 e. The first-order chi connectivity index (χ1) is 11.9. The number of carbonyl (C=O) groups is 1. The van der Waals surface area contributed by atoms with Gasteiger partial charge in [0.15, 0.2) is 0 Å². The quantitative estimate of drug-likeness (QED) is 0.760. The Bertz CT molecular complexity index is 919. The molecule has 4 nitrogen and oxygen atoms in total. The summed E-state index contributed by atoms with van der Waals surface area (Å²) in [5.41, 5.74) is 4.27. The van der Waals surface area contributed by atoms with E-state index in [9.17, 15) is 9.18 Å². The number of hydrogen-bond donors (Lipinski definition) is 1. The Balaban J connectivity index is 1.66. The van der Waals surface area contributed by atoms with E-state index in [0.717, 1.165) is 22.6 Å². The molecule has 2 aromatic carbocycles. The van der Waals surface area contributed by atoms with Gasteiger partial charge in [-0.15, -0.1) is 0 Å². The molecule has 1 amide bonds. The first kappa shape index (κ1) is 17.2. The van der Waals surface area contributed by atoms with Crippen molar-refractivity contribution in [2.45, 2.75) is 20.4 Å². The van der Waals surface area contributed by atoms with Gasteiger partial charge in [0.25, 0.3) is 5.91 Å². The molecular formula is C19H17ClFN3O. The van der Waals surface area contributed by atoms with Gasteiger partial charge in [-0.05, 0) is 55.8 Å². The number of benzene rings is 2. The highest BCUT2D eigenvalue weighted by Crippen LogP contribution is 2.16. The van der Waals surface area contributed by atoms with Crippen molar-refractivity contribution in [1.29, 1.82) is 0 Å². The van der Waals surface area contributed by atoms with Crippen LogP contribution >= 0.6 is 11.6 Å². The standard InChI is InChI=1S/C19H17ClFN3O/c1-12-9-13(2)24(23-12)16-6-3-14(4-7-16)11-22-19(25)15-5-8-18(21)17(20)10-15/h3-10H,11H2,1-2H3,(H,22,25). The third-order valence-electron chi connectivity index (χ3n) is 3.83. The van der Waals surface area contributed by atoms with Crippen molar-refractivity contribution in [3.8, 4) is 5.69 Å². The number of carbonyl (C=O) groups excluding carboxylic acids is 1. The largest absolute Gasteiger partial charge is 0.348 e. The van der Waals surface area contributed by atoms with Crippen LogP contribution in [0.2, 0.25) is 5.02 Å². The molecule has 1 aromatic heterocycles. The predicted octanol–water partition coefficient (Wildman–Crippen LogP) is 4.21. The molecule has 0 atom stereocenters. The maximum absolute atomic E-state index is 13.1. The smallest absolute Gasteiger partial charge is 0.251 e. The minimum absolute atomic E-state index is 0.0677. The van der Waals surface area contributed by atoms with Gasteiger partial charge in [-0.1, -0.05) is 23.7 Å². The molecule has 0 aliphatic heterocycles. The maximum atomic E-state index is 13.1. The fourth-order valence-corrected chi connectivity index (χ4v) is 2.75. The van der Waals surface area contributed by atoms with Gasteiger partial charge < -0.3 is 5.32 Å². The Morgan fingerprint density at radius 2 is 1.88 bits per heavy atom. The Morgan fingerprint density at radius 3 is 2.48 bits per heavy atom. The van der Waals surface area contributed by atoms with E-state index in [2.05, 4.69) is 10.4 Å². The van der Waals surface area contributed by atoms with Crippen LogP contribution in [0.25, 0.3) is 5.69 Å². The van der Waals surface area contributed by atoms with Crippen LogP contribution in [0, 0.1) is 19.7 Å². The fourth-order valence-electron chi connectivity index (χ4n) is 2.57. The average molecular weight is 358 g/mol. The van der Waals surface area contributed by atoms with Crippen LogP contribution < -0.4 is 5.32 Å². The summed E-state index contributed by atoms with van der Waals surface area (Å²) in [7, 11) is 0. The van der Waals surface area contributed by atoms with Crippen LogP contribution in [0.3, 0.4) is 0 Å². The molecule has 25 heavy (non-hydrogen) atoms. The highest BCUT2D eigenvalue weighted by Gasteiger charge is 2.09. The van der Waals surface area contributed by atoms with Gasteiger partial charge >= 0.3 is 0 Å². The highest BCUT2D eigenvalue weighted by molar-refractivity contribution is 6.31. The van der Waals surface area contributed by atoms with Crippen LogP contribution in [0.4, 0.5) is 4.39 Å². The van der Waals surface area contributed by atoms with Crippen molar-refractivity contribution >= 4 is 17.5 Å². The van der Waals surface area contributed by atoms with Crippen LogP contribution in [0.15, 0.2) is 48.5 Å². The molecule has 3 rings (SSSR count). The van der Waals surface area contributed by atoms with E-state index in [1.807, 2.05) is 48.9 Å². The molecule has 0 radical (unpaired) electrons. The van der Waals surface area contributed by atoms with E-state index in [1.165, 1.54) is 18.2 Å². The summed E-state index contributed by atoms with van der Waals surface area (Å²) in [6.07, 6.45) is 0. The molecule has 0 unspecified atom stereocenters. The molecule has 0 aliphatic carbocycles. The lowest BCUT2D eigenvalue weighted by atomic mass is 10.1. The number of aryl methyl sites for hydroxylation is 2. The van der Waals surface area contributed by atoms with E-state index in [-0.39, 0.29) is 10.9 Å². The number of nitrogens with zero attached hydrogens (tertiary/aromatic N) is 2. The molecule has 6 heteroatoms. The molecule has 0 saturated carbocycles. The van der Waals surface area contributed by atoms with E-state index >= 15 is 0 Å². The van der Waals surface area contributed by atoms with Gasteiger partial charge in [-0.25, -0.2) is 9.07 Å². The summed E-state index contributed by atoms with van der Waals surface area (Å²) in [6.45, 7) is 4.32. The molecule has 0 saturated heterocycles. The van der Waals surface area contributed by atoms with Crippen LogP contribution in [0.5, 0.6) is 0 Å². The average Bonchev–Trinajstić information content (AvgIpc) is 2.94. The number of halogens is 2. The Morgan fingerprint density at radius 1 is 1.16 bits per heavy atom. The maximum Gasteiger partial charge on any atom is 0.251 e. The zero-order valence-electron chi connectivity index (χ0n) is 13.9. The van der Waals surface area contributed by atoms with Gasteiger partial charge in [0.05, 0.1) is 16.4 Å². The number of hydrogen-bond acceptors (Lipinski definition) is 2. The topological polar surface area (TPSA) is 46.9 Å². The lowest BCUT2D eigenvalue weighted by Crippen LogP contribution is -2.22. The summed E-state index contributed by atoms with van der Waals surface area (Å²) in [4.78, 5) is 12.1. The first-order valence-electron chi connectivity index (χ1n) is 7.80. The van der Waals surface area contributed by atoms with Crippen molar-refractivity contribution in [2.24, 2.45) is 0 Å². The number of amides is 1. The van der Waals surface area contributed by atoms with Gasteiger partial charge in [0.1, 0.15) is 5.82 Å². The molecule has 3 aromatic rings.